The van der Waals surface area contributed by atoms with E-state index in [2.05, 4.69) is 5.16 Å². The second kappa shape index (κ2) is 7.11. The van der Waals surface area contributed by atoms with Crippen molar-refractivity contribution < 1.29 is 9.57 Å². The van der Waals surface area contributed by atoms with E-state index in [1.54, 1.807) is 0 Å². The van der Waals surface area contributed by atoms with Crippen molar-refractivity contribution >= 4 is 5.71 Å². The average Bonchev–Trinajstić information content (AvgIpc) is 2.52. The highest BCUT2D eigenvalue weighted by atomic mass is 16.6. The van der Waals surface area contributed by atoms with E-state index in [0.717, 1.165) is 11.3 Å². The van der Waals surface area contributed by atoms with E-state index in [1.165, 1.54) is 12.7 Å². The smallest absolute Gasteiger partial charge is 0.187 e. The topological polar surface area (TPSA) is 54.6 Å². The van der Waals surface area contributed by atoms with Crippen LogP contribution in [0.1, 0.15) is 16.7 Å². The SMILES string of the molecule is CON=C(C#N)c1ccccc1COc1ccc(C)cc1. The molecule has 0 aliphatic carbocycles. The Hall–Kier alpha value is -2.80. The molecule has 0 radical (unpaired) electrons. The summed E-state index contributed by atoms with van der Waals surface area (Å²) >= 11 is 0. The number of rotatable bonds is 5. The van der Waals surface area contributed by atoms with Crippen LogP contribution in [0, 0.1) is 18.3 Å². The molecular weight excluding hydrogens is 264 g/mol. The van der Waals surface area contributed by atoms with Crippen LogP contribution in [0.5, 0.6) is 5.75 Å². The fourth-order valence-electron chi connectivity index (χ4n) is 1.89. The fraction of sp³-hybridized carbons (Fsp3) is 0.176. The third kappa shape index (κ3) is 3.83. The largest absolute Gasteiger partial charge is 0.489 e. The Morgan fingerprint density at radius 1 is 1.14 bits per heavy atom. The normalized spacial score (nSPS) is 10.8. The van der Waals surface area contributed by atoms with Gasteiger partial charge in [0.2, 0.25) is 0 Å². The molecule has 0 aliphatic heterocycles. The number of nitrogens with zero attached hydrogens (tertiary/aromatic N) is 2. The zero-order valence-corrected chi connectivity index (χ0v) is 12.0. The third-order valence-electron chi connectivity index (χ3n) is 2.98. The Labute approximate surface area is 124 Å². The first kappa shape index (κ1) is 14.6. The third-order valence-corrected chi connectivity index (χ3v) is 2.98. The van der Waals surface area contributed by atoms with Gasteiger partial charge in [-0.3, -0.25) is 0 Å². The quantitative estimate of drug-likeness (QED) is 0.622. The van der Waals surface area contributed by atoms with Gasteiger partial charge in [-0.2, -0.15) is 5.26 Å². The number of benzene rings is 2. The summed E-state index contributed by atoms with van der Waals surface area (Å²) in [7, 11) is 1.42. The number of hydrogen-bond acceptors (Lipinski definition) is 4. The van der Waals surface area contributed by atoms with E-state index in [0.29, 0.717) is 12.2 Å². The molecule has 0 amide bonds. The van der Waals surface area contributed by atoms with Crippen molar-refractivity contribution in [2.24, 2.45) is 5.16 Å². The van der Waals surface area contributed by atoms with Gasteiger partial charge in [-0.05, 0) is 24.6 Å². The molecule has 0 bridgehead atoms. The first-order valence-electron chi connectivity index (χ1n) is 6.53. The van der Waals surface area contributed by atoms with E-state index < -0.39 is 0 Å². The van der Waals surface area contributed by atoms with Gasteiger partial charge < -0.3 is 9.57 Å². The summed E-state index contributed by atoms with van der Waals surface area (Å²) in [5.41, 5.74) is 3.02. The number of aryl methyl sites for hydroxylation is 1. The van der Waals surface area contributed by atoms with Crippen LogP contribution >= 0.6 is 0 Å². The molecule has 0 fully saturated rings. The number of oxime groups is 1. The van der Waals surface area contributed by atoms with Crippen LogP contribution in [-0.4, -0.2) is 12.8 Å². The molecule has 0 N–H and O–H groups in total. The minimum Gasteiger partial charge on any atom is -0.489 e. The molecule has 4 nitrogen and oxygen atoms in total. The molecule has 4 heteroatoms. The Balaban J connectivity index is 2.19. The van der Waals surface area contributed by atoms with Crippen LogP contribution in [0.2, 0.25) is 0 Å². The van der Waals surface area contributed by atoms with Gasteiger partial charge in [-0.25, -0.2) is 0 Å². The van der Waals surface area contributed by atoms with Crippen LogP contribution in [0.3, 0.4) is 0 Å². The van der Waals surface area contributed by atoms with Gasteiger partial charge in [0, 0.05) is 5.56 Å². The van der Waals surface area contributed by atoms with Crippen molar-refractivity contribution in [3.63, 3.8) is 0 Å². The molecule has 0 aliphatic rings. The predicted molar refractivity (Wildman–Crippen MR) is 81.1 cm³/mol. The van der Waals surface area contributed by atoms with E-state index in [4.69, 9.17) is 14.8 Å². The van der Waals surface area contributed by atoms with Crippen LogP contribution < -0.4 is 4.74 Å². The molecule has 21 heavy (non-hydrogen) atoms. The maximum atomic E-state index is 9.15. The minimum absolute atomic E-state index is 0.237. The molecule has 0 aromatic heterocycles. The highest BCUT2D eigenvalue weighted by Gasteiger charge is 2.09. The molecular formula is C17H16N2O2. The van der Waals surface area contributed by atoms with Gasteiger partial charge in [-0.15, -0.1) is 0 Å². The standard InChI is InChI=1S/C17H16N2O2/c1-13-7-9-15(10-8-13)21-12-14-5-3-4-6-16(14)17(11-18)19-20-2/h3-10H,12H2,1-2H3. The monoisotopic (exact) mass is 280 g/mol. The van der Waals surface area contributed by atoms with Crippen LogP contribution in [0.4, 0.5) is 0 Å². The van der Waals surface area contributed by atoms with Gasteiger partial charge in [0.25, 0.3) is 0 Å². The molecule has 0 spiro atoms. The number of nitriles is 1. The van der Waals surface area contributed by atoms with Gasteiger partial charge in [0.05, 0.1) is 0 Å². The zero-order chi connectivity index (χ0) is 15.1. The minimum atomic E-state index is 0.237. The second-order valence-corrected chi connectivity index (χ2v) is 4.49. The summed E-state index contributed by atoms with van der Waals surface area (Å²) in [5, 5.41) is 12.9. The lowest BCUT2D eigenvalue weighted by Crippen LogP contribution is -2.06. The maximum Gasteiger partial charge on any atom is 0.187 e. The van der Waals surface area contributed by atoms with E-state index in [-0.39, 0.29) is 5.71 Å². The van der Waals surface area contributed by atoms with Gasteiger partial charge in [-0.1, -0.05) is 47.1 Å². The highest BCUT2D eigenvalue weighted by molar-refractivity contribution is 6.12. The number of hydrogen-bond donors (Lipinski definition) is 0. The fourth-order valence-corrected chi connectivity index (χ4v) is 1.89. The van der Waals surface area contributed by atoms with Crippen molar-refractivity contribution in [1.29, 1.82) is 5.26 Å². The van der Waals surface area contributed by atoms with Crippen LogP contribution in [-0.2, 0) is 11.4 Å². The van der Waals surface area contributed by atoms with Gasteiger partial charge in [0.15, 0.2) is 5.71 Å². The molecule has 0 unspecified atom stereocenters. The molecule has 0 heterocycles. The van der Waals surface area contributed by atoms with E-state index in [1.807, 2.05) is 61.5 Å². The Morgan fingerprint density at radius 3 is 2.52 bits per heavy atom. The van der Waals surface area contributed by atoms with Gasteiger partial charge >= 0.3 is 0 Å². The molecule has 106 valence electrons. The molecule has 2 aromatic carbocycles. The zero-order valence-electron chi connectivity index (χ0n) is 12.0. The Kier molecular flexibility index (Phi) is 4.94. The molecule has 2 aromatic rings. The Bertz CT molecular complexity index is 670. The molecule has 0 saturated heterocycles. The number of ether oxygens (including phenoxy) is 1. The van der Waals surface area contributed by atoms with Crippen molar-refractivity contribution in [3.8, 4) is 11.8 Å². The summed E-state index contributed by atoms with van der Waals surface area (Å²) < 4.78 is 5.76. The first-order chi connectivity index (χ1) is 10.2. The maximum absolute atomic E-state index is 9.15. The molecule has 0 atom stereocenters. The summed E-state index contributed by atoms with van der Waals surface area (Å²) in [4.78, 5) is 4.70. The highest BCUT2D eigenvalue weighted by Crippen LogP contribution is 2.16. The average molecular weight is 280 g/mol. The van der Waals surface area contributed by atoms with Crippen molar-refractivity contribution in [1.82, 2.24) is 0 Å². The molecule has 2 rings (SSSR count). The lowest BCUT2D eigenvalue weighted by atomic mass is 10.0. The lowest BCUT2D eigenvalue weighted by Gasteiger charge is -2.10. The van der Waals surface area contributed by atoms with Crippen molar-refractivity contribution in [2.45, 2.75) is 13.5 Å². The lowest BCUT2D eigenvalue weighted by molar-refractivity contribution is 0.214. The first-order valence-corrected chi connectivity index (χ1v) is 6.53. The van der Waals surface area contributed by atoms with E-state index >= 15 is 0 Å². The molecule has 0 saturated carbocycles. The summed E-state index contributed by atoms with van der Waals surface area (Å²) in [5.74, 6) is 0.789. The Morgan fingerprint density at radius 2 is 1.86 bits per heavy atom. The van der Waals surface area contributed by atoms with E-state index in [9.17, 15) is 0 Å². The van der Waals surface area contributed by atoms with Crippen molar-refractivity contribution in [3.05, 3.63) is 65.2 Å². The summed E-state index contributed by atoms with van der Waals surface area (Å²) in [6.07, 6.45) is 0. The van der Waals surface area contributed by atoms with Crippen molar-refractivity contribution in [2.75, 3.05) is 7.11 Å². The van der Waals surface area contributed by atoms with Crippen LogP contribution in [0.25, 0.3) is 0 Å². The van der Waals surface area contributed by atoms with Crippen LogP contribution in [0.15, 0.2) is 53.7 Å². The summed E-state index contributed by atoms with van der Waals surface area (Å²) in [6.45, 7) is 2.39. The second-order valence-electron chi connectivity index (χ2n) is 4.49. The predicted octanol–water partition coefficient (Wildman–Crippen LogP) is 3.45. The van der Waals surface area contributed by atoms with Gasteiger partial charge in [0.1, 0.15) is 25.5 Å². The summed E-state index contributed by atoms with van der Waals surface area (Å²) in [6, 6.07) is 17.4.